The van der Waals surface area contributed by atoms with E-state index in [4.69, 9.17) is 5.73 Å². The number of nitrogens with zero attached hydrogens (tertiary/aromatic N) is 1. The Hall–Kier alpha value is -2.21. The molecule has 100 valence electrons. The average molecular weight is 261 g/mol. The van der Waals surface area contributed by atoms with Crippen LogP contribution in [-0.4, -0.2) is 35.2 Å². The summed E-state index contributed by atoms with van der Waals surface area (Å²) in [6.07, 6.45) is 0. The van der Waals surface area contributed by atoms with Gasteiger partial charge >= 0.3 is 0 Å². The van der Waals surface area contributed by atoms with Crippen molar-refractivity contribution in [3.63, 3.8) is 0 Å². The Morgan fingerprint density at radius 2 is 2.00 bits per heavy atom. The summed E-state index contributed by atoms with van der Waals surface area (Å²) in [7, 11) is 0. The number of carbonyl (C=O) groups is 3. The van der Waals surface area contributed by atoms with Crippen LogP contribution in [0.5, 0.6) is 0 Å². The zero-order chi connectivity index (χ0) is 14.0. The first-order chi connectivity index (χ1) is 9.00. The Balaban J connectivity index is 2.19. The average Bonchev–Trinajstić information content (AvgIpc) is 2.42. The first-order valence-corrected chi connectivity index (χ1v) is 5.95. The lowest BCUT2D eigenvalue weighted by molar-refractivity contribution is -0.150. The molecule has 6 heteroatoms. The molecule has 2 rings (SSSR count). The highest BCUT2D eigenvalue weighted by Gasteiger charge is 2.35. The molecule has 1 saturated heterocycles. The number of hydrogen-bond acceptors (Lipinski definition) is 4. The molecule has 2 atom stereocenters. The third-order valence-corrected chi connectivity index (χ3v) is 3.13. The van der Waals surface area contributed by atoms with Crippen molar-refractivity contribution in [3.8, 4) is 0 Å². The van der Waals surface area contributed by atoms with Crippen LogP contribution in [0.15, 0.2) is 30.3 Å². The monoisotopic (exact) mass is 261 g/mol. The maximum atomic E-state index is 12.3. The fourth-order valence-electron chi connectivity index (χ4n) is 1.96. The molecule has 1 fully saturated rings. The predicted molar refractivity (Wildman–Crippen MR) is 67.7 cm³/mol. The van der Waals surface area contributed by atoms with E-state index in [1.807, 2.05) is 6.07 Å². The van der Waals surface area contributed by atoms with Crippen LogP contribution in [0.4, 0.5) is 0 Å². The minimum Gasteiger partial charge on any atom is -0.320 e. The zero-order valence-corrected chi connectivity index (χ0v) is 10.5. The molecule has 1 aliphatic rings. The lowest BCUT2D eigenvalue weighted by Gasteiger charge is -2.33. The number of benzene rings is 1. The van der Waals surface area contributed by atoms with Crippen molar-refractivity contribution in [2.45, 2.75) is 19.0 Å². The second-order valence-corrected chi connectivity index (χ2v) is 4.44. The second kappa shape index (κ2) is 5.19. The number of rotatable bonds is 2. The van der Waals surface area contributed by atoms with Crippen molar-refractivity contribution >= 4 is 17.7 Å². The van der Waals surface area contributed by atoms with Gasteiger partial charge < -0.3 is 10.6 Å². The predicted octanol–water partition coefficient (Wildman–Crippen LogP) is -0.440. The van der Waals surface area contributed by atoms with Gasteiger partial charge in [-0.3, -0.25) is 19.7 Å². The van der Waals surface area contributed by atoms with Crippen molar-refractivity contribution in [2.75, 3.05) is 6.54 Å². The van der Waals surface area contributed by atoms with E-state index in [2.05, 4.69) is 5.32 Å². The molecular formula is C13H15N3O3. The molecule has 0 bridgehead atoms. The summed E-state index contributed by atoms with van der Waals surface area (Å²) >= 11 is 0. The summed E-state index contributed by atoms with van der Waals surface area (Å²) in [5.74, 6) is -1.40. The van der Waals surface area contributed by atoms with Crippen LogP contribution in [0.2, 0.25) is 0 Å². The fraction of sp³-hybridized carbons (Fsp3) is 0.308. The lowest BCUT2D eigenvalue weighted by Crippen LogP contribution is -2.60. The van der Waals surface area contributed by atoms with Crippen LogP contribution in [-0.2, 0) is 14.4 Å². The van der Waals surface area contributed by atoms with Gasteiger partial charge in [0.25, 0.3) is 0 Å². The molecule has 0 aromatic heterocycles. The van der Waals surface area contributed by atoms with E-state index in [0.717, 1.165) is 0 Å². The van der Waals surface area contributed by atoms with E-state index in [0.29, 0.717) is 5.56 Å². The van der Waals surface area contributed by atoms with Gasteiger partial charge in [-0.15, -0.1) is 0 Å². The number of hydrogen-bond donors (Lipinski definition) is 2. The van der Waals surface area contributed by atoms with Gasteiger partial charge in [-0.05, 0) is 12.5 Å². The topological polar surface area (TPSA) is 92.5 Å². The van der Waals surface area contributed by atoms with Gasteiger partial charge in [0.15, 0.2) is 0 Å². The van der Waals surface area contributed by atoms with Crippen molar-refractivity contribution in [1.82, 2.24) is 10.2 Å². The van der Waals surface area contributed by atoms with Crippen LogP contribution in [0.25, 0.3) is 0 Å². The van der Waals surface area contributed by atoms with Gasteiger partial charge in [-0.25, -0.2) is 0 Å². The van der Waals surface area contributed by atoms with E-state index in [9.17, 15) is 14.4 Å². The maximum Gasteiger partial charge on any atom is 0.249 e. The van der Waals surface area contributed by atoms with E-state index in [-0.39, 0.29) is 6.54 Å². The molecule has 3 N–H and O–H groups in total. The van der Waals surface area contributed by atoms with Crippen molar-refractivity contribution in [3.05, 3.63) is 35.9 Å². The van der Waals surface area contributed by atoms with Gasteiger partial charge in [-0.1, -0.05) is 30.3 Å². The highest BCUT2D eigenvalue weighted by atomic mass is 16.2. The van der Waals surface area contributed by atoms with E-state index in [1.165, 1.54) is 4.90 Å². The molecule has 6 nitrogen and oxygen atoms in total. The van der Waals surface area contributed by atoms with Crippen molar-refractivity contribution < 1.29 is 14.4 Å². The molecule has 0 saturated carbocycles. The summed E-state index contributed by atoms with van der Waals surface area (Å²) in [5, 5.41) is 2.18. The van der Waals surface area contributed by atoms with Crippen LogP contribution in [0.1, 0.15) is 18.5 Å². The molecule has 3 amide bonds. The summed E-state index contributed by atoms with van der Waals surface area (Å²) in [6, 6.07) is 7.28. The molecule has 1 aliphatic heterocycles. The Morgan fingerprint density at radius 3 is 2.63 bits per heavy atom. The molecule has 0 spiro atoms. The molecule has 0 radical (unpaired) electrons. The first-order valence-electron chi connectivity index (χ1n) is 5.95. The summed E-state index contributed by atoms with van der Waals surface area (Å²) in [6.45, 7) is 1.42. The fourth-order valence-corrected chi connectivity index (χ4v) is 1.96. The number of nitrogens with one attached hydrogen (secondary N) is 1. The Morgan fingerprint density at radius 1 is 1.37 bits per heavy atom. The Kier molecular flexibility index (Phi) is 3.62. The number of carbonyl (C=O) groups excluding carboxylic acids is 3. The number of amides is 3. The molecule has 1 aromatic carbocycles. The van der Waals surface area contributed by atoms with Gasteiger partial charge in [0.05, 0.1) is 0 Å². The molecule has 1 heterocycles. The quantitative estimate of drug-likeness (QED) is 0.706. The molecule has 19 heavy (non-hydrogen) atoms. The number of piperazine rings is 1. The Bertz CT molecular complexity index is 515. The second-order valence-electron chi connectivity index (χ2n) is 4.44. The third kappa shape index (κ3) is 2.63. The van der Waals surface area contributed by atoms with Crippen LogP contribution in [0.3, 0.4) is 0 Å². The van der Waals surface area contributed by atoms with E-state index < -0.39 is 29.8 Å². The van der Waals surface area contributed by atoms with Crippen LogP contribution in [0, 0.1) is 0 Å². The molecule has 1 aromatic rings. The summed E-state index contributed by atoms with van der Waals surface area (Å²) in [5.41, 5.74) is 6.54. The zero-order valence-electron chi connectivity index (χ0n) is 10.5. The van der Waals surface area contributed by atoms with Crippen molar-refractivity contribution in [1.29, 1.82) is 0 Å². The molecule has 0 aliphatic carbocycles. The standard InChI is InChI=1S/C13H15N3O3/c1-8-12(18)15-10(17)7-16(8)13(19)11(14)9-5-3-2-4-6-9/h2-6,8,11H,7,14H2,1H3,(H,15,17,18)/t8?,11-/m0/s1. The van der Waals surface area contributed by atoms with Gasteiger partial charge in [-0.2, -0.15) is 0 Å². The summed E-state index contributed by atoms with van der Waals surface area (Å²) in [4.78, 5) is 36.3. The summed E-state index contributed by atoms with van der Waals surface area (Å²) < 4.78 is 0. The van der Waals surface area contributed by atoms with Crippen LogP contribution >= 0.6 is 0 Å². The maximum absolute atomic E-state index is 12.3. The van der Waals surface area contributed by atoms with Crippen molar-refractivity contribution in [2.24, 2.45) is 5.73 Å². The third-order valence-electron chi connectivity index (χ3n) is 3.13. The number of nitrogens with two attached hydrogens (primary N) is 1. The minimum absolute atomic E-state index is 0.147. The lowest BCUT2D eigenvalue weighted by atomic mass is 10.0. The normalized spacial score (nSPS) is 20.9. The largest absolute Gasteiger partial charge is 0.320 e. The first kappa shape index (κ1) is 13.2. The smallest absolute Gasteiger partial charge is 0.249 e. The van der Waals surface area contributed by atoms with E-state index >= 15 is 0 Å². The van der Waals surface area contributed by atoms with Gasteiger partial charge in [0.1, 0.15) is 18.6 Å². The highest BCUT2D eigenvalue weighted by molar-refractivity contribution is 6.04. The molecule has 1 unspecified atom stereocenters. The Labute approximate surface area is 110 Å². The van der Waals surface area contributed by atoms with E-state index in [1.54, 1.807) is 31.2 Å². The minimum atomic E-state index is -0.873. The van der Waals surface area contributed by atoms with Crippen LogP contribution < -0.4 is 11.1 Å². The SMILES string of the molecule is CC1C(=O)NC(=O)CN1C(=O)[C@@H](N)c1ccccc1. The van der Waals surface area contributed by atoms with Gasteiger partial charge in [0.2, 0.25) is 17.7 Å². The molecular weight excluding hydrogens is 246 g/mol. The highest BCUT2D eigenvalue weighted by Crippen LogP contribution is 2.16. The number of imide groups is 1. The van der Waals surface area contributed by atoms with Gasteiger partial charge in [0, 0.05) is 0 Å².